The first kappa shape index (κ1) is 17.3. The Morgan fingerprint density at radius 2 is 2.15 bits per heavy atom. The van der Waals surface area contributed by atoms with E-state index in [-0.39, 0.29) is 18.0 Å². The molecule has 0 aromatic heterocycles. The van der Waals surface area contributed by atoms with Gasteiger partial charge in [0.2, 0.25) is 5.91 Å². The third kappa shape index (κ3) is 2.84. The quantitative estimate of drug-likeness (QED) is 0.428. The topological polar surface area (TPSA) is 55.8 Å². The van der Waals surface area contributed by atoms with E-state index in [1.165, 1.54) is 5.56 Å². The SMILES string of the molecule is CCCCOC(=O)[C@H]1[C@H]2C=CC3(CN(CCc4ccccc4)C(=O)[C@@H]13)O2. The molecule has 3 heterocycles. The van der Waals surface area contributed by atoms with Gasteiger partial charge >= 0.3 is 5.97 Å². The van der Waals surface area contributed by atoms with Gasteiger partial charge in [-0.2, -0.15) is 0 Å². The Balaban J connectivity index is 1.45. The van der Waals surface area contributed by atoms with Gasteiger partial charge in [0.25, 0.3) is 0 Å². The molecule has 2 saturated heterocycles. The highest BCUT2D eigenvalue weighted by Gasteiger charge is 2.67. The molecule has 3 aliphatic heterocycles. The number of ether oxygens (including phenoxy) is 2. The largest absolute Gasteiger partial charge is 0.465 e. The van der Waals surface area contributed by atoms with Crippen LogP contribution >= 0.6 is 0 Å². The zero-order valence-electron chi connectivity index (χ0n) is 15.1. The van der Waals surface area contributed by atoms with Crippen LogP contribution in [0.15, 0.2) is 42.5 Å². The number of benzene rings is 1. The van der Waals surface area contributed by atoms with E-state index >= 15 is 0 Å². The number of nitrogens with zero attached hydrogens (tertiary/aromatic N) is 1. The highest BCUT2D eigenvalue weighted by Crippen LogP contribution is 2.52. The van der Waals surface area contributed by atoms with Crippen LogP contribution in [0.3, 0.4) is 0 Å². The highest BCUT2D eigenvalue weighted by atomic mass is 16.6. The summed E-state index contributed by atoms with van der Waals surface area (Å²) in [5.74, 6) is -1.23. The van der Waals surface area contributed by atoms with Crippen molar-refractivity contribution in [3.05, 3.63) is 48.0 Å². The second-order valence-corrected chi connectivity index (χ2v) is 7.42. The summed E-state index contributed by atoms with van der Waals surface area (Å²) < 4.78 is 11.5. The molecule has 26 heavy (non-hydrogen) atoms. The summed E-state index contributed by atoms with van der Waals surface area (Å²) in [6.07, 6.45) is 6.20. The third-order valence-corrected chi connectivity index (χ3v) is 5.71. The van der Waals surface area contributed by atoms with E-state index in [1.54, 1.807) is 0 Å². The van der Waals surface area contributed by atoms with Crippen molar-refractivity contribution in [3.8, 4) is 0 Å². The second-order valence-electron chi connectivity index (χ2n) is 7.42. The van der Waals surface area contributed by atoms with Crippen molar-refractivity contribution in [3.63, 3.8) is 0 Å². The molecule has 0 saturated carbocycles. The molecule has 1 unspecified atom stereocenters. The van der Waals surface area contributed by atoms with E-state index in [0.717, 1.165) is 19.3 Å². The number of carbonyl (C=O) groups is 2. The molecule has 0 N–H and O–H groups in total. The molecule has 5 nitrogen and oxygen atoms in total. The molecule has 2 bridgehead atoms. The van der Waals surface area contributed by atoms with Crippen molar-refractivity contribution < 1.29 is 19.1 Å². The van der Waals surface area contributed by atoms with Gasteiger partial charge in [-0.25, -0.2) is 0 Å². The number of amides is 1. The Morgan fingerprint density at radius 3 is 2.92 bits per heavy atom. The van der Waals surface area contributed by atoms with Crippen LogP contribution in [0.4, 0.5) is 0 Å². The lowest BCUT2D eigenvalue weighted by atomic mass is 9.77. The molecule has 5 heteroatoms. The predicted octanol–water partition coefficient (Wildman–Crippen LogP) is 2.35. The number of carbonyl (C=O) groups excluding carboxylic acids is 2. The Bertz CT molecular complexity index is 716. The molecule has 1 spiro atoms. The Labute approximate surface area is 154 Å². The van der Waals surface area contributed by atoms with E-state index < -0.39 is 17.4 Å². The van der Waals surface area contributed by atoms with Gasteiger partial charge in [0.05, 0.1) is 25.2 Å². The zero-order valence-corrected chi connectivity index (χ0v) is 15.1. The maximum atomic E-state index is 13.0. The second kappa shape index (κ2) is 6.88. The van der Waals surface area contributed by atoms with Crippen molar-refractivity contribution in [2.45, 2.75) is 37.9 Å². The van der Waals surface area contributed by atoms with Crippen LogP contribution < -0.4 is 0 Å². The van der Waals surface area contributed by atoms with E-state index in [1.807, 2.05) is 35.3 Å². The molecule has 3 aliphatic rings. The summed E-state index contributed by atoms with van der Waals surface area (Å²) in [4.78, 5) is 27.5. The number of unbranched alkanes of at least 4 members (excludes halogenated alkanes) is 1. The van der Waals surface area contributed by atoms with Gasteiger partial charge in [-0.3, -0.25) is 9.59 Å². The van der Waals surface area contributed by atoms with Crippen LogP contribution in [0.5, 0.6) is 0 Å². The minimum Gasteiger partial charge on any atom is -0.465 e. The summed E-state index contributed by atoms with van der Waals surface area (Å²) in [5, 5.41) is 0. The molecule has 0 aliphatic carbocycles. The van der Waals surface area contributed by atoms with Crippen molar-refractivity contribution in [1.82, 2.24) is 4.90 Å². The van der Waals surface area contributed by atoms with E-state index in [4.69, 9.17) is 9.47 Å². The number of hydrogen-bond donors (Lipinski definition) is 0. The lowest BCUT2D eigenvalue weighted by molar-refractivity contribution is -0.153. The molecule has 1 amide bonds. The van der Waals surface area contributed by atoms with Crippen LogP contribution in [-0.4, -0.2) is 48.2 Å². The van der Waals surface area contributed by atoms with E-state index in [2.05, 4.69) is 19.1 Å². The van der Waals surface area contributed by atoms with Crippen molar-refractivity contribution in [2.24, 2.45) is 11.8 Å². The molecular formula is C21H25NO4. The maximum Gasteiger partial charge on any atom is 0.312 e. The van der Waals surface area contributed by atoms with Gasteiger partial charge < -0.3 is 14.4 Å². The number of fused-ring (bicyclic) bond motifs is 1. The van der Waals surface area contributed by atoms with Crippen LogP contribution in [-0.2, 0) is 25.5 Å². The molecule has 1 aromatic rings. The van der Waals surface area contributed by atoms with Crippen LogP contribution in [0.2, 0.25) is 0 Å². The first-order valence-corrected chi connectivity index (χ1v) is 9.51. The van der Waals surface area contributed by atoms with Crippen LogP contribution in [0.25, 0.3) is 0 Å². The summed E-state index contributed by atoms with van der Waals surface area (Å²) in [7, 11) is 0. The molecule has 4 atom stereocenters. The molecule has 1 aromatic carbocycles. The predicted molar refractivity (Wildman–Crippen MR) is 96.3 cm³/mol. The van der Waals surface area contributed by atoms with E-state index in [9.17, 15) is 9.59 Å². The van der Waals surface area contributed by atoms with Gasteiger partial charge in [0, 0.05) is 6.54 Å². The Kier molecular flexibility index (Phi) is 4.57. The zero-order chi connectivity index (χ0) is 18.1. The molecule has 4 rings (SSSR count). The number of hydrogen-bond acceptors (Lipinski definition) is 4. The smallest absolute Gasteiger partial charge is 0.312 e. The lowest BCUT2D eigenvalue weighted by Gasteiger charge is -2.22. The molecular weight excluding hydrogens is 330 g/mol. The molecule has 138 valence electrons. The highest BCUT2D eigenvalue weighted by molar-refractivity contribution is 5.91. The average Bonchev–Trinajstić information content (AvgIpc) is 3.29. The third-order valence-electron chi connectivity index (χ3n) is 5.71. The summed E-state index contributed by atoms with van der Waals surface area (Å²) in [6, 6.07) is 10.1. The van der Waals surface area contributed by atoms with Gasteiger partial charge in [0.1, 0.15) is 11.5 Å². The van der Waals surface area contributed by atoms with Gasteiger partial charge in [-0.1, -0.05) is 55.8 Å². The minimum absolute atomic E-state index is 0.0187. The fraction of sp³-hybridized carbons (Fsp3) is 0.524. The van der Waals surface area contributed by atoms with Crippen LogP contribution in [0, 0.1) is 11.8 Å². The first-order chi connectivity index (χ1) is 12.6. The van der Waals surface area contributed by atoms with Crippen molar-refractivity contribution in [1.29, 1.82) is 0 Å². The molecule has 0 radical (unpaired) electrons. The standard InChI is InChI=1S/C21H25NO4/c1-2-3-13-25-20(24)17-16-9-11-21(26-16)14-22(19(23)18(17)21)12-10-15-7-5-4-6-8-15/h4-9,11,16-18H,2-3,10,12-14H2,1H3/t16-,17+,18-,21?/m1/s1. The van der Waals surface area contributed by atoms with Gasteiger partial charge in [-0.15, -0.1) is 0 Å². The maximum absolute atomic E-state index is 13.0. The summed E-state index contributed by atoms with van der Waals surface area (Å²) in [6.45, 7) is 3.63. The van der Waals surface area contributed by atoms with Crippen molar-refractivity contribution in [2.75, 3.05) is 19.7 Å². The summed E-state index contributed by atoms with van der Waals surface area (Å²) >= 11 is 0. The number of rotatable bonds is 7. The monoisotopic (exact) mass is 355 g/mol. The minimum atomic E-state index is -0.646. The Morgan fingerprint density at radius 1 is 1.35 bits per heavy atom. The van der Waals surface area contributed by atoms with Crippen LogP contribution in [0.1, 0.15) is 25.3 Å². The normalized spacial score (nSPS) is 31.5. The van der Waals surface area contributed by atoms with Crippen molar-refractivity contribution >= 4 is 11.9 Å². The molecule has 2 fully saturated rings. The summed E-state index contributed by atoms with van der Waals surface area (Å²) in [5.41, 5.74) is 0.554. The van der Waals surface area contributed by atoms with Gasteiger partial charge in [-0.05, 0) is 18.4 Å². The van der Waals surface area contributed by atoms with Gasteiger partial charge in [0.15, 0.2) is 0 Å². The number of likely N-dealkylation sites (tertiary alicyclic amines) is 1. The number of esters is 1. The fourth-order valence-corrected chi connectivity index (χ4v) is 4.36. The van der Waals surface area contributed by atoms with E-state index in [0.29, 0.717) is 19.7 Å². The average molecular weight is 355 g/mol. The lowest BCUT2D eigenvalue weighted by Crippen LogP contribution is -2.40. The first-order valence-electron chi connectivity index (χ1n) is 9.51. The fourth-order valence-electron chi connectivity index (χ4n) is 4.36. The Hall–Kier alpha value is -2.14.